The molecule has 1 fully saturated rings. The lowest BCUT2D eigenvalue weighted by atomic mass is 10.2. The summed E-state index contributed by atoms with van der Waals surface area (Å²) in [6.45, 7) is 1.23. The molecular formula is C31H31BrNO3P. The maximum atomic E-state index is 14.3. The minimum absolute atomic E-state index is 0. The van der Waals surface area contributed by atoms with Gasteiger partial charge >= 0.3 is 0 Å². The van der Waals surface area contributed by atoms with Crippen LogP contribution in [0.5, 0.6) is 11.5 Å². The van der Waals surface area contributed by atoms with E-state index in [-0.39, 0.29) is 28.5 Å². The number of ether oxygens (including phenoxy) is 2. The van der Waals surface area contributed by atoms with Crippen molar-refractivity contribution in [3.63, 3.8) is 0 Å². The first-order valence-corrected chi connectivity index (χ1v) is 14.1. The Labute approximate surface area is 230 Å². The van der Waals surface area contributed by atoms with Crippen molar-refractivity contribution in [2.75, 3.05) is 20.8 Å². The third-order valence-electron chi connectivity index (χ3n) is 7.08. The quantitative estimate of drug-likeness (QED) is 0.301. The molecular weight excluding hydrogens is 545 g/mol. The molecule has 0 radical (unpaired) electrons. The lowest BCUT2D eigenvalue weighted by Crippen LogP contribution is -3.00. The van der Waals surface area contributed by atoms with E-state index in [1.165, 1.54) is 15.9 Å². The van der Waals surface area contributed by atoms with Gasteiger partial charge in [-0.3, -0.25) is 4.79 Å². The molecule has 1 saturated heterocycles. The first-order valence-electron chi connectivity index (χ1n) is 12.2. The predicted octanol–water partition coefficient (Wildman–Crippen LogP) is 1.80. The van der Waals surface area contributed by atoms with Crippen molar-refractivity contribution in [3.05, 3.63) is 115 Å². The molecule has 1 unspecified atom stereocenters. The van der Waals surface area contributed by atoms with Gasteiger partial charge in [0.1, 0.15) is 34.7 Å². The second kappa shape index (κ2) is 11.9. The number of halogens is 1. The number of amides is 1. The topological polar surface area (TPSA) is 38.8 Å². The Morgan fingerprint density at radius 1 is 0.757 bits per heavy atom. The third kappa shape index (κ3) is 5.03. The second-order valence-corrected chi connectivity index (χ2v) is 12.6. The zero-order valence-electron chi connectivity index (χ0n) is 21.1. The fourth-order valence-electron chi connectivity index (χ4n) is 5.40. The predicted molar refractivity (Wildman–Crippen MR) is 149 cm³/mol. The molecule has 0 aromatic heterocycles. The first-order chi connectivity index (χ1) is 17.7. The lowest BCUT2D eigenvalue weighted by Gasteiger charge is -2.32. The highest BCUT2D eigenvalue weighted by Crippen LogP contribution is 2.62. The zero-order valence-corrected chi connectivity index (χ0v) is 23.6. The largest absolute Gasteiger partial charge is 1.00 e. The van der Waals surface area contributed by atoms with E-state index in [9.17, 15) is 4.79 Å². The molecule has 0 aliphatic carbocycles. The van der Waals surface area contributed by atoms with Crippen LogP contribution in [0.4, 0.5) is 0 Å². The van der Waals surface area contributed by atoms with Crippen LogP contribution in [0, 0.1) is 0 Å². The molecule has 1 amide bonds. The Balaban J connectivity index is 0.00000320. The van der Waals surface area contributed by atoms with E-state index in [0.717, 1.165) is 23.5 Å². The van der Waals surface area contributed by atoms with Gasteiger partial charge in [0.25, 0.3) is 5.91 Å². The molecule has 1 aliphatic rings. The van der Waals surface area contributed by atoms with Crippen LogP contribution in [0.2, 0.25) is 0 Å². The molecule has 1 heterocycles. The molecule has 6 heteroatoms. The first kappa shape index (κ1) is 26.9. The van der Waals surface area contributed by atoms with Crippen molar-refractivity contribution in [1.82, 2.24) is 4.90 Å². The van der Waals surface area contributed by atoms with Crippen molar-refractivity contribution in [3.8, 4) is 11.5 Å². The molecule has 190 valence electrons. The summed E-state index contributed by atoms with van der Waals surface area (Å²) in [5.74, 6) is 1.68. The normalized spacial score (nSPS) is 15.2. The highest BCUT2D eigenvalue weighted by molar-refractivity contribution is 7.96. The van der Waals surface area contributed by atoms with Gasteiger partial charge in [0.2, 0.25) is 0 Å². The summed E-state index contributed by atoms with van der Waals surface area (Å²) < 4.78 is 11.0. The summed E-state index contributed by atoms with van der Waals surface area (Å²) >= 11 is 0. The summed E-state index contributed by atoms with van der Waals surface area (Å²) in [6, 6.07) is 37.7. The van der Waals surface area contributed by atoms with Crippen LogP contribution in [0.15, 0.2) is 109 Å². The maximum absolute atomic E-state index is 14.3. The summed E-state index contributed by atoms with van der Waals surface area (Å²) in [4.78, 5) is 16.3. The number of carbonyl (C=O) groups excluding carboxylic acids is 1. The van der Waals surface area contributed by atoms with E-state index in [0.29, 0.717) is 13.1 Å². The fourth-order valence-corrected chi connectivity index (χ4v) is 10.3. The van der Waals surface area contributed by atoms with Crippen molar-refractivity contribution in [2.24, 2.45) is 0 Å². The molecule has 1 aliphatic heterocycles. The van der Waals surface area contributed by atoms with Gasteiger partial charge in [-0.05, 0) is 48.5 Å². The Kier molecular flexibility index (Phi) is 8.68. The van der Waals surface area contributed by atoms with Gasteiger partial charge in [0, 0.05) is 31.1 Å². The molecule has 0 bridgehead atoms. The fraction of sp³-hybridized carbons (Fsp3) is 0.194. The Morgan fingerprint density at radius 2 is 1.27 bits per heavy atom. The van der Waals surface area contributed by atoms with Crippen molar-refractivity contribution < 1.29 is 31.2 Å². The molecule has 0 N–H and O–H groups in total. The van der Waals surface area contributed by atoms with Crippen molar-refractivity contribution >= 4 is 29.1 Å². The molecule has 4 aromatic rings. The maximum Gasteiger partial charge on any atom is 0.264 e. The van der Waals surface area contributed by atoms with Crippen LogP contribution in [0.25, 0.3) is 0 Å². The lowest BCUT2D eigenvalue weighted by molar-refractivity contribution is -0.127. The van der Waals surface area contributed by atoms with E-state index in [1.54, 1.807) is 14.2 Å². The van der Waals surface area contributed by atoms with E-state index in [4.69, 9.17) is 9.47 Å². The molecule has 4 aromatic carbocycles. The summed E-state index contributed by atoms with van der Waals surface area (Å²) in [5, 5.41) is 3.72. The van der Waals surface area contributed by atoms with E-state index in [2.05, 4.69) is 72.8 Å². The van der Waals surface area contributed by atoms with Crippen LogP contribution in [0.1, 0.15) is 12.0 Å². The molecule has 1 atom stereocenters. The van der Waals surface area contributed by atoms with Crippen LogP contribution >= 0.6 is 7.26 Å². The monoisotopic (exact) mass is 575 g/mol. The number of methoxy groups -OCH3 is 2. The van der Waals surface area contributed by atoms with Gasteiger partial charge in [-0.25, -0.2) is 0 Å². The average Bonchev–Trinajstić information content (AvgIpc) is 3.31. The standard InChI is InChI=1S/C31H31NO3P.BrH/c1-34-25-19-18-24(29(22-25)35-2)23-32-21-20-30(31(32)33)36(26-12-6-3-7-13-26,27-14-8-4-9-15-27)28-16-10-5-11-17-28;/h3-19,22,30H,20-21,23H2,1-2H3;1H/q+1;/p-1. The number of benzene rings is 4. The van der Waals surface area contributed by atoms with Crippen molar-refractivity contribution in [1.29, 1.82) is 0 Å². The average molecular weight is 576 g/mol. The Bertz CT molecular complexity index is 1220. The second-order valence-electron chi connectivity index (χ2n) is 8.97. The van der Waals surface area contributed by atoms with Crippen molar-refractivity contribution in [2.45, 2.75) is 18.6 Å². The number of carbonyl (C=O) groups is 1. The minimum atomic E-state index is -2.27. The number of hydrogen-bond acceptors (Lipinski definition) is 3. The van der Waals surface area contributed by atoms with Crippen LogP contribution in [-0.2, 0) is 11.3 Å². The van der Waals surface area contributed by atoms with Crippen LogP contribution in [0.3, 0.4) is 0 Å². The van der Waals surface area contributed by atoms with E-state index < -0.39 is 7.26 Å². The van der Waals surface area contributed by atoms with Crippen LogP contribution < -0.4 is 42.4 Å². The minimum Gasteiger partial charge on any atom is -1.00 e. The zero-order chi connectivity index (χ0) is 25.0. The smallest absolute Gasteiger partial charge is 0.264 e. The van der Waals surface area contributed by atoms with E-state index in [1.807, 2.05) is 41.3 Å². The van der Waals surface area contributed by atoms with Gasteiger partial charge in [0.05, 0.1) is 14.2 Å². The molecule has 37 heavy (non-hydrogen) atoms. The summed E-state index contributed by atoms with van der Waals surface area (Å²) in [6.07, 6.45) is 0.809. The molecule has 0 spiro atoms. The van der Waals surface area contributed by atoms with E-state index >= 15 is 0 Å². The van der Waals surface area contributed by atoms with Crippen LogP contribution in [-0.4, -0.2) is 37.2 Å². The Morgan fingerprint density at radius 3 is 1.73 bits per heavy atom. The number of hydrogen-bond donors (Lipinski definition) is 0. The molecule has 4 nitrogen and oxygen atoms in total. The van der Waals surface area contributed by atoms with Gasteiger partial charge in [-0.15, -0.1) is 0 Å². The van der Waals surface area contributed by atoms with Gasteiger partial charge < -0.3 is 31.4 Å². The van der Waals surface area contributed by atoms with Gasteiger partial charge in [0.15, 0.2) is 5.66 Å². The summed E-state index contributed by atoms with van der Waals surface area (Å²) in [5.41, 5.74) is 0.851. The number of likely N-dealkylation sites (tertiary alicyclic amines) is 1. The molecule has 0 saturated carbocycles. The highest BCUT2D eigenvalue weighted by atomic mass is 79.9. The summed E-state index contributed by atoms with van der Waals surface area (Å²) in [7, 11) is 1.03. The Hall–Kier alpha value is -3.14. The molecule has 5 rings (SSSR count). The highest BCUT2D eigenvalue weighted by Gasteiger charge is 2.58. The number of rotatable bonds is 8. The van der Waals surface area contributed by atoms with Gasteiger partial charge in [-0.1, -0.05) is 54.6 Å². The third-order valence-corrected chi connectivity index (χ3v) is 11.8. The SMILES string of the molecule is COc1ccc(CN2CCC([P+](c3ccccc3)(c3ccccc3)c3ccccc3)C2=O)c(OC)c1.[Br-]. The number of nitrogens with zero attached hydrogens (tertiary/aromatic N) is 1. The van der Waals surface area contributed by atoms with Gasteiger partial charge in [-0.2, -0.15) is 0 Å².